The van der Waals surface area contributed by atoms with Crippen molar-refractivity contribution in [2.24, 2.45) is 0 Å². The Hall–Kier alpha value is -1.09. The fourth-order valence-corrected chi connectivity index (χ4v) is 3.53. The van der Waals surface area contributed by atoms with Crippen LogP contribution in [0.2, 0.25) is 0 Å². The summed E-state index contributed by atoms with van der Waals surface area (Å²) < 4.78 is 5.46. The number of allylic oxidation sites excluding steroid dienone is 4. The minimum Gasteiger partial charge on any atom is -0.378 e. The second-order valence-corrected chi connectivity index (χ2v) is 6.08. The van der Waals surface area contributed by atoms with Gasteiger partial charge in [-0.3, -0.25) is 4.79 Å². The first kappa shape index (κ1) is 13.9. The summed E-state index contributed by atoms with van der Waals surface area (Å²) in [6.07, 6.45) is 11.1. The molecule has 0 unspecified atom stereocenters. The fraction of sp³-hybridized carbons (Fsp3) is 0.706. The van der Waals surface area contributed by atoms with Gasteiger partial charge >= 0.3 is 0 Å². The molecule has 0 amide bonds. The zero-order chi connectivity index (χ0) is 13.8. The van der Waals surface area contributed by atoms with E-state index in [1.165, 1.54) is 37.0 Å². The van der Waals surface area contributed by atoms with Crippen LogP contribution in [0.25, 0.3) is 0 Å². The zero-order valence-corrected chi connectivity index (χ0v) is 12.3. The largest absolute Gasteiger partial charge is 0.378 e. The molecule has 2 fully saturated rings. The standard InChI is InChI=1S/C17H25NO2/c19-17-8-4-2-6-15(17)13-14-5-1-3-7-16(14)18-9-11-20-12-10-18/h13H,1-12H2/b15-13+. The van der Waals surface area contributed by atoms with Crippen LogP contribution in [0.5, 0.6) is 0 Å². The number of ether oxygens (including phenoxy) is 1. The van der Waals surface area contributed by atoms with E-state index in [-0.39, 0.29) is 0 Å². The second-order valence-electron chi connectivity index (χ2n) is 6.08. The van der Waals surface area contributed by atoms with E-state index in [9.17, 15) is 4.79 Å². The molecule has 20 heavy (non-hydrogen) atoms. The Bertz CT molecular complexity index is 430. The average Bonchev–Trinajstić information content (AvgIpc) is 2.51. The van der Waals surface area contributed by atoms with Crippen LogP contribution >= 0.6 is 0 Å². The van der Waals surface area contributed by atoms with E-state index in [1.54, 1.807) is 0 Å². The molecule has 0 spiro atoms. The molecule has 0 atom stereocenters. The molecule has 3 rings (SSSR count). The summed E-state index contributed by atoms with van der Waals surface area (Å²) in [5.41, 5.74) is 4.01. The highest BCUT2D eigenvalue weighted by Gasteiger charge is 2.21. The third kappa shape index (κ3) is 3.14. The third-order valence-electron chi connectivity index (χ3n) is 4.68. The van der Waals surface area contributed by atoms with Gasteiger partial charge in [-0.1, -0.05) is 6.08 Å². The van der Waals surface area contributed by atoms with Crippen LogP contribution in [0.4, 0.5) is 0 Å². The lowest BCUT2D eigenvalue weighted by Gasteiger charge is -2.34. The van der Waals surface area contributed by atoms with Gasteiger partial charge in [0.1, 0.15) is 0 Å². The average molecular weight is 275 g/mol. The van der Waals surface area contributed by atoms with Crippen LogP contribution in [0.1, 0.15) is 51.4 Å². The molecule has 0 aromatic carbocycles. The van der Waals surface area contributed by atoms with Crippen molar-refractivity contribution in [2.75, 3.05) is 26.3 Å². The van der Waals surface area contributed by atoms with Crippen LogP contribution in [0.15, 0.2) is 22.9 Å². The van der Waals surface area contributed by atoms with E-state index in [0.717, 1.165) is 57.6 Å². The highest BCUT2D eigenvalue weighted by Crippen LogP contribution is 2.31. The number of ketones is 1. The Kier molecular flexibility index (Phi) is 4.56. The fourth-order valence-electron chi connectivity index (χ4n) is 3.53. The number of Topliss-reactive ketones (excluding diaryl/α,β-unsaturated/α-hetero) is 1. The van der Waals surface area contributed by atoms with Crippen LogP contribution in [-0.4, -0.2) is 37.0 Å². The molecule has 0 radical (unpaired) electrons. The smallest absolute Gasteiger partial charge is 0.158 e. The SMILES string of the molecule is O=C1CCCC/C1=C\C1=C(N2CCOCC2)CCCC1. The number of hydrogen-bond acceptors (Lipinski definition) is 3. The van der Waals surface area contributed by atoms with Crippen molar-refractivity contribution >= 4 is 5.78 Å². The van der Waals surface area contributed by atoms with Gasteiger partial charge in [0.2, 0.25) is 0 Å². The van der Waals surface area contributed by atoms with Crippen molar-refractivity contribution in [3.8, 4) is 0 Å². The number of hydrogen-bond donors (Lipinski definition) is 0. The van der Waals surface area contributed by atoms with Crippen molar-refractivity contribution in [1.82, 2.24) is 4.90 Å². The maximum absolute atomic E-state index is 12.0. The van der Waals surface area contributed by atoms with Crippen molar-refractivity contribution in [2.45, 2.75) is 51.4 Å². The minimum atomic E-state index is 0.385. The molecule has 0 aromatic rings. The summed E-state index contributed by atoms with van der Waals surface area (Å²) in [4.78, 5) is 14.5. The van der Waals surface area contributed by atoms with E-state index in [1.807, 2.05) is 0 Å². The van der Waals surface area contributed by atoms with E-state index in [0.29, 0.717) is 5.78 Å². The molecule has 0 N–H and O–H groups in total. The summed E-state index contributed by atoms with van der Waals surface area (Å²) in [5.74, 6) is 0.385. The van der Waals surface area contributed by atoms with Gasteiger partial charge in [-0.25, -0.2) is 0 Å². The Morgan fingerprint density at radius 2 is 1.60 bits per heavy atom. The summed E-state index contributed by atoms with van der Waals surface area (Å²) >= 11 is 0. The first-order valence-electron chi connectivity index (χ1n) is 8.13. The summed E-state index contributed by atoms with van der Waals surface area (Å²) in [6, 6.07) is 0. The lowest BCUT2D eigenvalue weighted by Crippen LogP contribution is -2.36. The van der Waals surface area contributed by atoms with E-state index >= 15 is 0 Å². The predicted molar refractivity (Wildman–Crippen MR) is 79.4 cm³/mol. The maximum Gasteiger partial charge on any atom is 0.158 e. The first-order chi connectivity index (χ1) is 9.84. The van der Waals surface area contributed by atoms with Crippen LogP contribution < -0.4 is 0 Å². The molecule has 3 aliphatic rings. The van der Waals surface area contributed by atoms with Gasteiger partial charge in [-0.2, -0.15) is 0 Å². The maximum atomic E-state index is 12.0. The van der Waals surface area contributed by atoms with Gasteiger partial charge in [0.25, 0.3) is 0 Å². The Morgan fingerprint density at radius 1 is 0.900 bits per heavy atom. The van der Waals surface area contributed by atoms with Crippen LogP contribution in [0, 0.1) is 0 Å². The summed E-state index contributed by atoms with van der Waals surface area (Å²) in [7, 11) is 0. The number of carbonyl (C=O) groups excluding carboxylic acids is 1. The molecule has 0 aromatic heterocycles. The van der Waals surface area contributed by atoms with E-state index in [4.69, 9.17) is 4.74 Å². The quantitative estimate of drug-likeness (QED) is 0.725. The Labute approximate surface area is 121 Å². The number of nitrogens with zero attached hydrogens (tertiary/aromatic N) is 1. The molecule has 1 saturated carbocycles. The monoisotopic (exact) mass is 275 g/mol. The van der Waals surface area contributed by atoms with E-state index in [2.05, 4.69) is 11.0 Å². The van der Waals surface area contributed by atoms with Gasteiger partial charge in [-0.05, 0) is 56.1 Å². The normalized spacial score (nSPS) is 27.3. The van der Waals surface area contributed by atoms with Gasteiger partial charge in [0, 0.05) is 25.2 Å². The molecule has 3 heteroatoms. The molecular formula is C17H25NO2. The second kappa shape index (κ2) is 6.57. The molecule has 0 bridgehead atoms. The Balaban J connectivity index is 1.84. The van der Waals surface area contributed by atoms with E-state index < -0.39 is 0 Å². The molecule has 1 saturated heterocycles. The minimum absolute atomic E-state index is 0.385. The van der Waals surface area contributed by atoms with Gasteiger partial charge in [0.15, 0.2) is 5.78 Å². The van der Waals surface area contributed by atoms with Crippen LogP contribution in [0.3, 0.4) is 0 Å². The molecule has 1 aliphatic heterocycles. The molecule has 1 heterocycles. The lowest BCUT2D eigenvalue weighted by atomic mass is 9.88. The molecule has 110 valence electrons. The number of carbonyl (C=O) groups is 1. The molecule has 3 nitrogen and oxygen atoms in total. The highest BCUT2D eigenvalue weighted by molar-refractivity contribution is 5.96. The predicted octanol–water partition coefficient (Wildman–Crippen LogP) is 3.22. The molecule has 2 aliphatic carbocycles. The highest BCUT2D eigenvalue weighted by atomic mass is 16.5. The van der Waals surface area contributed by atoms with Gasteiger partial charge in [-0.15, -0.1) is 0 Å². The number of rotatable bonds is 2. The number of morpholine rings is 1. The third-order valence-corrected chi connectivity index (χ3v) is 4.68. The van der Waals surface area contributed by atoms with Crippen molar-refractivity contribution in [3.63, 3.8) is 0 Å². The lowest BCUT2D eigenvalue weighted by molar-refractivity contribution is -0.116. The molecular weight excluding hydrogens is 250 g/mol. The van der Waals surface area contributed by atoms with Gasteiger partial charge in [0.05, 0.1) is 13.2 Å². The Morgan fingerprint density at radius 3 is 2.40 bits per heavy atom. The topological polar surface area (TPSA) is 29.5 Å². The first-order valence-corrected chi connectivity index (χ1v) is 8.13. The van der Waals surface area contributed by atoms with Crippen molar-refractivity contribution in [1.29, 1.82) is 0 Å². The summed E-state index contributed by atoms with van der Waals surface area (Å²) in [6.45, 7) is 3.70. The zero-order valence-electron chi connectivity index (χ0n) is 12.3. The van der Waals surface area contributed by atoms with Gasteiger partial charge < -0.3 is 9.64 Å². The van der Waals surface area contributed by atoms with Crippen molar-refractivity contribution < 1.29 is 9.53 Å². The van der Waals surface area contributed by atoms with Crippen LogP contribution in [-0.2, 0) is 9.53 Å². The van der Waals surface area contributed by atoms with Crippen molar-refractivity contribution in [3.05, 3.63) is 22.9 Å². The summed E-state index contributed by atoms with van der Waals surface area (Å²) in [5, 5.41) is 0.